The van der Waals surface area contributed by atoms with Gasteiger partial charge in [-0.1, -0.05) is 6.07 Å². The zero-order valence-corrected chi connectivity index (χ0v) is 11.4. The van der Waals surface area contributed by atoms with E-state index in [0.717, 1.165) is 0 Å². The fraction of sp³-hybridized carbons (Fsp3) is 0.462. The molecule has 1 heterocycles. The average molecular weight is 306 g/mol. The molecule has 0 bridgehead atoms. The van der Waals surface area contributed by atoms with Crippen LogP contribution in [0.1, 0.15) is 10.4 Å². The van der Waals surface area contributed by atoms with Gasteiger partial charge in [0.25, 0.3) is 5.91 Å². The normalized spacial score (nSPS) is 19.2. The summed E-state index contributed by atoms with van der Waals surface area (Å²) >= 11 is 5.81. The van der Waals surface area contributed by atoms with Crippen molar-refractivity contribution in [3.63, 3.8) is 0 Å². The molecule has 2 rings (SSSR count). The van der Waals surface area contributed by atoms with Crippen LogP contribution in [0.5, 0.6) is 5.75 Å². The Morgan fingerprint density at radius 2 is 2.35 bits per heavy atom. The van der Waals surface area contributed by atoms with Gasteiger partial charge in [-0.2, -0.15) is 8.78 Å². The van der Waals surface area contributed by atoms with Crippen molar-refractivity contribution in [2.24, 2.45) is 0 Å². The highest BCUT2D eigenvalue weighted by Crippen LogP contribution is 2.19. The smallest absolute Gasteiger partial charge is 0.387 e. The Labute approximate surface area is 120 Å². The van der Waals surface area contributed by atoms with Crippen LogP contribution in [0.3, 0.4) is 0 Å². The molecule has 1 saturated heterocycles. The van der Waals surface area contributed by atoms with Gasteiger partial charge in [0.2, 0.25) is 0 Å². The third-order valence-corrected chi connectivity index (χ3v) is 3.33. The minimum Gasteiger partial charge on any atom is -0.435 e. The number of benzene rings is 1. The predicted molar refractivity (Wildman–Crippen MR) is 69.4 cm³/mol. The van der Waals surface area contributed by atoms with E-state index in [1.165, 1.54) is 18.2 Å². The lowest BCUT2D eigenvalue weighted by Crippen LogP contribution is -2.49. The van der Waals surface area contributed by atoms with Crippen molar-refractivity contribution in [3.8, 4) is 5.75 Å². The number of ether oxygens (including phenoxy) is 2. The van der Waals surface area contributed by atoms with Crippen molar-refractivity contribution in [2.75, 3.05) is 25.6 Å². The maximum absolute atomic E-state index is 12.4. The SMILES string of the molecule is O=C(c1cccc(OC(F)F)c1)N1CCOCC1CCl. The van der Waals surface area contributed by atoms with Gasteiger partial charge in [0.1, 0.15) is 5.75 Å². The molecule has 110 valence electrons. The van der Waals surface area contributed by atoms with Crippen LogP contribution in [0, 0.1) is 0 Å². The van der Waals surface area contributed by atoms with Crippen LogP contribution >= 0.6 is 11.6 Å². The summed E-state index contributed by atoms with van der Waals surface area (Å²) in [5, 5.41) is 0. The van der Waals surface area contributed by atoms with Gasteiger partial charge in [0.15, 0.2) is 0 Å². The number of carbonyl (C=O) groups is 1. The molecule has 20 heavy (non-hydrogen) atoms. The van der Waals surface area contributed by atoms with Crippen LogP contribution in [0.25, 0.3) is 0 Å². The van der Waals surface area contributed by atoms with E-state index in [-0.39, 0.29) is 23.6 Å². The maximum Gasteiger partial charge on any atom is 0.387 e. The van der Waals surface area contributed by atoms with Crippen LogP contribution in [0.15, 0.2) is 24.3 Å². The van der Waals surface area contributed by atoms with Crippen LogP contribution in [-0.4, -0.2) is 49.1 Å². The van der Waals surface area contributed by atoms with Gasteiger partial charge in [0.05, 0.1) is 19.3 Å². The summed E-state index contributed by atoms with van der Waals surface area (Å²) in [5.41, 5.74) is 0.292. The quantitative estimate of drug-likeness (QED) is 0.802. The molecule has 7 heteroatoms. The lowest BCUT2D eigenvalue weighted by atomic mass is 10.1. The highest BCUT2D eigenvalue weighted by atomic mass is 35.5. The van der Waals surface area contributed by atoms with Gasteiger partial charge >= 0.3 is 6.61 Å². The molecule has 4 nitrogen and oxygen atoms in total. The van der Waals surface area contributed by atoms with E-state index < -0.39 is 6.61 Å². The van der Waals surface area contributed by atoms with Crippen LogP contribution < -0.4 is 4.74 Å². The van der Waals surface area contributed by atoms with E-state index in [0.29, 0.717) is 25.3 Å². The summed E-state index contributed by atoms with van der Waals surface area (Å²) in [6.45, 7) is -1.68. The lowest BCUT2D eigenvalue weighted by Gasteiger charge is -2.34. The Hall–Kier alpha value is -1.40. The van der Waals surface area contributed by atoms with Crippen molar-refractivity contribution < 1.29 is 23.0 Å². The zero-order chi connectivity index (χ0) is 14.5. The Bertz CT molecular complexity index is 473. The van der Waals surface area contributed by atoms with E-state index in [1.54, 1.807) is 11.0 Å². The monoisotopic (exact) mass is 305 g/mol. The summed E-state index contributed by atoms with van der Waals surface area (Å²) in [7, 11) is 0. The molecule has 1 aromatic rings. The van der Waals surface area contributed by atoms with Gasteiger partial charge in [-0.15, -0.1) is 11.6 Å². The Balaban J connectivity index is 2.15. The Morgan fingerprint density at radius 3 is 3.05 bits per heavy atom. The number of hydrogen-bond donors (Lipinski definition) is 0. The van der Waals surface area contributed by atoms with Gasteiger partial charge < -0.3 is 14.4 Å². The van der Waals surface area contributed by atoms with Crippen LogP contribution in [-0.2, 0) is 4.74 Å². The topological polar surface area (TPSA) is 38.8 Å². The van der Waals surface area contributed by atoms with E-state index in [9.17, 15) is 13.6 Å². The molecule has 1 aliphatic rings. The number of alkyl halides is 3. The van der Waals surface area contributed by atoms with Crippen molar-refractivity contribution in [1.82, 2.24) is 4.90 Å². The third kappa shape index (κ3) is 3.58. The second-order valence-corrected chi connectivity index (χ2v) is 4.60. The first-order valence-corrected chi connectivity index (χ1v) is 6.65. The molecular formula is C13H14ClF2NO3. The summed E-state index contributed by atoms with van der Waals surface area (Å²) in [6, 6.07) is 5.52. The first-order chi connectivity index (χ1) is 9.61. The molecule has 0 radical (unpaired) electrons. The molecule has 0 spiro atoms. The molecule has 0 aromatic heterocycles. The van der Waals surface area contributed by atoms with Crippen LogP contribution in [0.2, 0.25) is 0 Å². The summed E-state index contributed by atoms with van der Waals surface area (Å²) < 4.78 is 33.9. The third-order valence-electron chi connectivity index (χ3n) is 2.97. The van der Waals surface area contributed by atoms with Crippen molar-refractivity contribution in [2.45, 2.75) is 12.7 Å². The fourth-order valence-corrected chi connectivity index (χ4v) is 2.28. The molecule has 0 saturated carbocycles. The largest absolute Gasteiger partial charge is 0.435 e. The van der Waals surface area contributed by atoms with E-state index >= 15 is 0 Å². The van der Waals surface area contributed by atoms with Crippen molar-refractivity contribution in [3.05, 3.63) is 29.8 Å². The molecule has 1 fully saturated rings. The number of carbonyl (C=O) groups excluding carboxylic acids is 1. The van der Waals surface area contributed by atoms with Gasteiger partial charge in [-0.05, 0) is 18.2 Å². The molecule has 1 amide bonds. The number of nitrogens with zero attached hydrogens (tertiary/aromatic N) is 1. The minimum atomic E-state index is -2.92. The van der Waals surface area contributed by atoms with E-state index in [4.69, 9.17) is 16.3 Å². The first-order valence-electron chi connectivity index (χ1n) is 6.11. The summed E-state index contributed by atoms with van der Waals surface area (Å²) in [4.78, 5) is 14.0. The predicted octanol–water partition coefficient (Wildman–Crippen LogP) is 2.37. The standard InChI is InChI=1S/C13H14ClF2NO3/c14-7-10-8-19-5-4-17(10)12(18)9-2-1-3-11(6-9)20-13(15)16/h1-3,6,10,13H,4-5,7-8H2. The minimum absolute atomic E-state index is 0.0402. The van der Waals surface area contributed by atoms with Crippen molar-refractivity contribution in [1.29, 1.82) is 0 Å². The second kappa shape index (κ2) is 6.85. The summed E-state index contributed by atoms with van der Waals surface area (Å²) in [5.74, 6) is -0.0425. The van der Waals surface area contributed by atoms with Gasteiger partial charge in [0, 0.05) is 18.0 Å². The average Bonchev–Trinajstić information content (AvgIpc) is 2.46. The molecule has 1 unspecified atom stereocenters. The summed E-state index contributed by atoms with van der Waals surface area (Å²) in [6.07, 6.45) is 0. The maximum atomic E-state index is 12.4. The van der Waals surface area contributed by atoms with Gasteiger partial charge in [-0.25, -0.2) is 0 Å². The number of rotatable bonds is 4. The van der Waals surface area contributed by atoms with E-state index in [1.807, 2.05) is 0 Å². The lowest BCUT2D eigenvalue weighted by molar-refractivity contribution is -0.0499. The highest BCUT2D eigenvalue weighted by molar-refractivity contribution is 6.18. The number of amides is 1. The van der Waals surface area contributed by atoms with Gasteiger partial charge in [-0.3, -0.25) is 4.79 Å². The Kier molecular flexibility index (Phi) is 5.14. The second-order valence-electron chi connectivity index (χ2n) is 4.29. The first kappa shape index (κ1) is 15.0. The molecule has 0 N–H and O–H groups in total. The van der Waals surface area contributed by atoms with Crippen molar-refractivity contribution >= 4 is 17.5 Å². The number of hydrogen-bond acceptors (Lipinski definition) is 3. The molecule has 1 aliphatic heterocycles. The zero-order valence-electron chi connectivity index (χ0n) is 10.6. The fourth-order valence-electron chi connectivity index (χ4n) is 2.02. The molecule has 1 atom stereocenters. The number of halogens is 3. The highest BCUT2D eigenvalue weighted by Gasteiger charge is 2.27. The van der Waals surface area contributed by atoms with Crippen LogP contribution in [0.4, 0.5) is 8.78 Å². The molecule has 1 aromatic carbocycles. The molecular weight excluding hydrogens is 292 g/mol. The number of morpholine rings is 1. The molecule has 0 aliphatic carbocycles. The Morgan fingerprint density at radius 1 is 1.55 bits per heavy atom. The van der Waals surface area contributed by atoms with E-state index in [2.05, 4.69) is 4.74 Å².